The fraction of sp³-hybridized carbons (Fsp3) is 0.500. The summed E-state index contributed by atoms with van der Waals surface area (Å²) in [6, 6.07) is 5.16. The molecule has 0 radical (unpaired) electrons. The fourth-order valence-corrected chi connectivity index (χ4v) is 2.63. The maximum atomic E-state index is 12.1. The number of nitrogens with one attached hydrogen (secondary N) is 1. The molecule has 0 bridgehead atoms. The van der Waals surface area contributed by atoms with Gasteiger partial charge in [-0.25, -0.2) is 0 Å². The first-order valence-electron chi connectivity index (χ1n) is 6.62. The lowest BCUT2D eigenvalue weighted by atomic mass is 10.2. The molecule has 2 N–H and O–H groups in total. The van der Waals surface area contributed by atoms with E-state index < -0.39 is 0 Å². The first kappa shape index (κ1) is 15.1. The minimum Gasteiger partial charge on any atom is -0.495 e. The van der Waals surface area contributed by atoms with Crippen LogP contribution >= 0.6 is 11.6 Å². The van der Waals surface area contributed by atoms with Crippen LogP contribution in [0.15, 0.2) is 18.2 Å². The Kier molecular flexibility index (Phi) is 5.23. The molecule has 0 spiro atoms. The fourth-order valence-electron chi connectivity index (χ4n) is 2.46. The molecule has 1 atom stereocenters. The maximum Gasteiger partial charge on any atom is 0.238 e. The van der Waals surface area contributed by atoms with Crippen LogP contribution in [-0.2, 0) is 4.79 Å². The average molecular weight is 299 g/mol. The van der Waals surface area contributed by atoms with Gasteiger partial charge in [-0.2, -0.15) is 0 Å². The summed E-state index contributed by atoms with van der Waals surface area (Å²) in [4.78, 5) is 14.1. The monoisotopic (exact) mass is 298 g/mol. The van der Waals surface area contributed by atoms with Gasteiger partial charge in [-0.1, -0.05) is 11.6 Å². The third-order valence-electron chi connectivity index (χ3n) is 3.49. The summed E-state index contributed by atoms with van der Waals surface area (Å²) in [5.74, 6) is 0.439. The number of benzene rings is 1. The molecule has 0 aliphatic carbocycles. The highest BCUT2D eigenvalue weighted by Gasteiger charge is 2.25. The molecule has 5 nitrogen and oxygen atoms in total. The normalized spacial score (nSPS) is 19.1. The molecule has 0 aromatic heterocycles. The first-order valence-corrected chi connectivity index (χ1v) is 7.00. The number of hydrogen-bond acceptors (Lipinski definition) is 4. The molecule has 1 aliphatic heterocycles. The molecule has 1 saturated heterocycles. The molecule has 110 valence electrons. The summed E-state index contributed by atoms with van der Waals surface area (Å²) >= 11 is 5.92. The molecule has 1 aromatic rings. The molecule has 2 rings (SSSR count). The number of nitrogens with zero attached hydrogens (tertiary/aromatic N) is 1. The van der Waals surface area contributed by atoms with E-state index in [-0.39, 0.29) is 25.1 Å². The first-order chi connectivity index (χ1) is 9.63. The SMILES string of the molecule is COc1ccc(Cl)cc1NC(=O)CN1CCCC1CO. The van der Waals surface area contributed by atoms with Crippen LogP contribution in [0.2, 0.25) is 5.02 Å². The van der Waals surface area contributed by atoms with Crippen LogP contribution in [0, 0.1) is 0 Å². The van der Waals surface area contributed by atoms with E-state index in [0.717, 1.165) is 19.4 Å². The number of ether oxygens (including phenoxy) is 1. The van der Waals surface area contributed by atoms with Crippen LogP contribution in [-0.4, -0.2) is 48.8 Å². The Bertz CT molecular complexity index is 481. The quantitative estimate of drug-likeness (QED) is 0.869. The van der Waals surface area contributed by atoms with Crippen molar-refractivity contribution < 1.29 is 14.6 Å². The Balaban J connectivity index is 1.99. The lowest BCUT2D eigenvalue weighted by Gasteiger charge is -2.22. The highest BCUT2D eigenvalue weighted by atomic mass is 35.5. The summed E-state index contributed by atoms with van der Waals surface area (Å²) in [5.41, 5.74) is 0.560. The van der Waals surface area contributed by atoms with Gasteiger partial charge in [-0.3, -0.25) is 9.69 Å². The summed E-state index contributed by atoms with van der Waals surface area (Å²) in [6.07, 6.45) is 1.95. The second-order valence-corrected chi connectivity index (χ2v) is 5.28. The molecule has 1 amide bonds. The molecular formula is C14H19ClN2O3. The van der Waals surface area contributed by atoms with Crippen LogP contribution in [0.5, 0.6) is 5.75 Å². The number of anilines is 1. The largest absolute Gasteiger partial charge is 0.495 e. The molecule has 1 unspecified atom stereocenters. The molecule has 0 saturated carbocycles. The molecular weight excluding hydrogens is 280 g/mol. The van der Waals surface area contributed by atoms with Crippen molar-refractivity contribution in [3.8, 4) is 5.75 Å². The number of likely N-dealkylation sites (tertiary alicyclic amines) is 1. The Morgan fingerprint density at radius 2 is 2.40 bits per heavy atom. The zero-order valence-electron chi connectivity index (χ0n) is 11.4. The summed E-state index contributed by atoms with van der Waals surface area (Å²) in [5, 5.41) is 12.6. The van der Waals surface area contributed by atoms with Gasteiger partial charge in [-0.05, 0) is 37.6 Å². The molecule has 1 aliphatic rings. The number of aliphatic hydroxyl groups excluding tert-OH is 1. The smallest absolute Gasteiger partial charge is 0.238 e. The molecule has 1 heterocycles. The van der Waals surface area contributed by atoms with Crippen molar-refractivity contribution in [2.24, 2.45) is 0 Å². The van der Waals surface area contributed by atoms with Gasteiger partial charge in [0.05, 0.1) is 25.9 Å². The molecule has 20 heavy (non-hydrogen) atoms. The van der Waals surface area contributed by atoms with Crippen LogP contribution in [0.25, 0.3) is 0 Å². The van der Waals surface area contributed by atoms with E-state index >= 15 is 0 Å². The lowest BCUT2D eigenvalue weighted by Crippen LogP contribution is -2.38. The lowest BCUT2D eigenvalue weighted by molar-refractivity contribution is -0.117. The number of carbonyl (C=O) groups is 1. The van der Waals surface area contributed by atoms with Crippen molar-refractivity contribution in [3.05, 3.63) is 23.2 Å². The van der Waals surface area contributed by atoms with E-state index in [1.165, 1.54) is 0 Å². The number of aliphatic hydroxyl groups is 1. The van der Waals surface area contributed by atoms with Gasteiger partial charge in [-0.15, -0.1) is 0 Å². The van der Waals surface area contributed by atoms with E-state index in [4.69, 9.17) is 16.3 Å². The number of carbonyl (C=O) groups excluding carboxylic acids is 1. The van der Waals surface area contributed by atoms with Gasteiger partial charge >= 0.3 is 0 Å². The Hall–Kier alpha value is -1.30. The van der Waals surface area contributed by atoms with Gasteiger partial charge in [0.25, 0.3) is 0 Å². The molecule has 1 aromatic carbocycles. The van der Waals surface area contributed by atoms with Crippen molar-refractivity contribution in [2.75, 3.05) is 32.1 Å². The van der Waals surface area contributed by atoms with Crippen molar-refractivity contribution in [1.82, 2.24) is 4.90 Å². The van der Waals surface area contributed by atoms with E-state index in [1.807, 2.05) is 4.90 Å². The van der Waals surface area contributed by atoms with Crippen LogP contribution in [0.1, 0.15) is 12.8 Å². The number of rotatable bonds is 5. The summed E-state index contributed by atoms with van der Waals surface area (Å²) in [7, 11) is 1.54. The zero-order valence-corrected chi connectivity index (χ0v) is 12.2. The van der Waals surface area contributed by atoms with Gasteiger partial charge in [0, 0.05) is 11.1 Å². The van der Waals surface area contributed by atoms with Crippen LogP contribution in [0.3, 0.4) is 0 Å². The molecule has 6 heteroatoms. The Labute approximate surface area is 123 Å². The predicted octanol–water partition coefficient (Wildman–Crippen LogP) is 1.74. The standard InChI is InChI=1S/C14H19ClN2O3/c1-20-13-5-4-10(15)7-12(13)16-14(19)8-17-6-2-3-11(17)9-18/h4-5,7,11,18H,2-3,6,8-9H2,1H3,(H,16,19). The van der Waals surface area contributed by atoms with E-state index in [0.29, 0.717) is 16.5 Å². The van der Waals surface area contributed by atoms with E-state index in [1.54, 1.807) is 25.3 Å². The summed E-state index contributed by atoms with van der Waals surface area (Å²) < 4.78 is 5.19. The molecule has 1 fully saturated rings. The highest BCUT2D eigenvalue weighted by Crippen LogP contribution is 2.27. The van der Waals surface area contributed by atoms with Crippen molar-refractivity contribution in [1.29, 1.82) is 0 Å². The van der Waals surface area contributed by atoms with Crippen molar-refractivity contribution in [2.45, 2.75) is 18.9 Å². The maximum absolute atomic E-state index is 12.1. The minimum atomic E-state index is -0.133. The van der Waals surface area contributed by atoms with Gasteiger partial charge in [0.15, 0.2) is 0 Å². The van der Waals surface area contributed by atoms with E-state index in [9.17, 15) is 9.90 Å². The van der Waals surface area contributed by atoms with Gasteiger partial charge in [0.2, 0.25) is 5.91 Å². The number of methoxy groups -OCH3 is 1. The minimum absolute atomic E-state index is 0.0852. The van der Waals surface area contributed by atoms with Gasteiger partial charge in [0.1, 0.15) is 5.75 Å². The van der Waals surface area contributed by atoms with E-state index in [2.05, 4.69) is 5.32 Å². The second-order valence-electron chi connectivity index (χ2n) is 4.84. The van der Waals surface area contributed by atoms with Crippen molar-refractivity contribution >= 4 is 23.2 Å². The number of hydrogen-bond donors (Lipinski definition) is 2. The highest BCUT2D eigenvalue weighted by molar-refractivity contribution is 6.31. The average Bonchev–Trinajstić information content (AvgIpc) is 2.86. The number of amides is 1. The predicted molar refractivity (Wildman–Crippen MR) is 78.3 cm³/mol. The Morgan fingerprint density at radius 3 is 3.10 bits per heavy atom. The number of halogens is 1. The zero-order chi connectivity index (χ0) is 14.5. The van der Waals surface area contributed by atoms with Crippen molar-refractivity contribution in [3.63, 3.8) is 0 Å². The second kappa shape index (κ2) is 6.92. The topological polar surface area (TPSA) is 61.8 Å². The summed E-state index contributed by atoms with van der Waals surface area (Å²) in [6.45, 7) is 1.19. The Morgan fingerprint density at radius 1 is 1.60 bits per heavy atom. The van der Waals surface area contributed by atoms with Crippen LogP contribution < -0.4 is 10.1 Å². The van der Waals surface area contributed by atoms with Gasteiger partial charge < -0.3 is 15.2 Å². The third-order valence-corrected chi connectivity index (χ3v) is 3.73. The third kappa shape index (κ3) is 3.62. The van der Waals surface area contributed by atoms with Crippen LogP contribution in [0.4, 0.5) is 5.69 Å².